The lowest BCUT2D eigenvalue weighted by atomic mass is 9.92. The van der Waals surface area contributed by atoms with Crippen LogP contribution in [0.1, 0.15) is 37.7 Å². The van der Waals surface area contributed by atoms with Crippen LogP contribution in [0.3, 0.4) is 0 Å². The number of piperazine rings is 1. The van der Waals surface area contributed by atoms with E-state index in [2.05, 4.69) is 58.0 Å². The summed E-state index contributed by atoms with van der Waals surface area (Å²) in [5.74, 6) is 2.96. The molecule has 0 N–H and O–H groups in total. The van der Waals surface area contributed by atoms with Gasteiger partial charge in [0.2, 0.25) is 0 Å². The van der Waals surface area contributed by atoms with Crippen LogP contribution in [0.4, 0.5) is 5.82 Å². The van der Waals surface area contributed by atoms with Crippen LogP contribution in [-0.4, -0.2) is 63.4 Å². The van der Waals surface area contributed by atoms with E-state index in [0.717, 1.165) is 73.4 Å². The van der Waals surface area contributed by atoms with Gasteiger partial charge in [0.1, 0.15) is 0 Å². The zero-order valence-corrected chi connectivity index (χ0v) is 18.4. The molecule has 0 radical (unpaired) electrons. The van der Waals surface area contributed by atoms with Gasteiger partial charge in [-0.2, -0.15) is 22.0 Å². The summed E-state index contributed by atoms with van der Waals surface area (Å²) < 4.78 is 1.65. The number of fused-ring (bicyclic) bond motifs is 1. The molecule has 2 aliphatic rings. The summed E-state index contributed by atoms with van der Waals surface area (Å²) >= 11 is 1.88. The standard InChI is InChI=1S/C21H30N6OS/c1-21(2,3)18-4-5-19(23-22-18)26-10-7-25(8-11-26)9-12-27-20(28)14-16-15-29-13-6-17(16)24-27/h4-5,14H,6-13,15H2,1-3H3. The summed E-state index contributed by atoms with van der Waals surface area (Å²) in [6.45, 7) is 11.7. The van der Waals surface area contributed by atoms with Crippen molar-refractivity contribution in [1.29, 1.82) is 0 Å². The first-order valence-electron chi connectivity index (χ1n) is 10.4. The number of hydrogen-bond donors (Lipinski definition) is 0. The molecule has 1 fully saturated rings. The third-order valence-corrected chi connectivity index (χ3v) is 6.66. The van der Waals surface area contributed by atoms with Gasteiger partial charge < -0.3 is 4.90 Å². The third kappa shape index (κ3) is 4.80. The van der Waals surface area contributed by atoms with E-state index < -0.39 is 0 Å². The smallest absolute Gasteiger partial charge is 0.267 e. The molecule has 4 heterocycles. The van der Waals surface area contributed by atoms with Crippen LogP contribution in [0.5, 0.6) is 0 Å². The van der Waals surface area contributed by atoms with Crippen LogP contribution in [0.2, 0.25) is 0 Å². The van der Waals surface area contributed by atoms with E-state index in [4.69, 9.17) is 0 Å². The predicted octanol–water partition coefficient (Wildman–Crippen LogP) is 1.94. The highest BCUT2D eigenvalue weighted by Crippen LogP contribution is 2.22. The molecule has 1 saturated heterocycles. The molecule has 2 aromatic heterocycles. The SMILES string of the molecule is CC(C)(C)c1ccc(N2CCN(CCn3nc4c(cc3=O)CSCC4)CC2)nn1. The molecule has 0 amide bonds. The summed E-state index contributed by atoms with van der Waals surface area (Å²) in [7, 11) is 0. The van der Waals surface area contributed by atoms with Crippen molar-refractivity contribution in [2.24, 2.45) is 0 Å². The molecule has 0 bridgehead atoms. The van der Waals surface area contributed by atoms with Gasteiger partial charge in [0.05, 0.1) is 17.9 Å². The van der Waals surface area contributed by atoms with Gasteiger partial charge in [-0.15, -0.1) is 5.10 Å². The van der Waals surface area contributed by atoms with Gasteiger partial charge in [-0.3, -0.25) is 9.69 Å². The van der Waals surface area contributed by atoms with Crippen molar-refractivity contribution in [3.63, 3.8) is 0 Å². The summed E-state index contributed by atoms with van der Waals surface area (Å²) in [6, 6.07) is 5.95. The van der Waals surface area contributed by atoms with Crippen LogP contribution >= 0.6 is 11.8 Å². The zero-order valence-electron chi connectivity index (χ0n) is 17.6. The Hall–Kier alpha value is -1.93. The summed E-state index contributed by atoms with van der Waals surface area (Å²) in [5.41, 5.74) is 3.28. The Balaban J connectivity index is 1.31. The minimum atomic E-state index is 0.0197. The molecule has 7 nitrogen and oxygen atoms in total. The third-order valence-electron chi connectivity index (χ3n) is 5.65. The fourth-order valence-corrected chi connectivity index (χ4v) is 4.70. The lowest BCUT2D eigenvalue weighted by molar-refractivity contribution is 0.241. The molecule has 4 rings (SSSR count). The molecule has 0 aromatic carbocycles. The van der Waals surface area contributed by atoms with E-state index in [-0.39, 0.29) is 11.0 Å². The van der Waals surface area contributed by atoms with E-state index in [1.54, 1.807) is 10.7 Å². The topological polar surface area (TPSA) is 67.2 Å². The highest BCUT2D eigenvalue weighted by molar-refractivity contribution is 7.98. The Bertz CT molecular complexity index is 897. The van der Waals surface area contributed by atoms with Gasteiger partial charge in [0.25, 0.3) is 5.56 Å². The van der Waals surface area contributed by atoms with Gasteiger partial charge in [-0.25, -0.2) is 4.68 Å². The van der Waals surface area contributed by atoms with Crippen molar-refractivity contribution >= 4 is 17.6 Å². The fourth-order valence-electron chi connectivity index (χ4n) is 3.74. The Morgan fingerprint density at radius 3 is 2.55 bits per heavy atom. The Morgan fingerprint density at radius 1 is 1.07 bits per heavy atom. The number of thioether (sulfide) groups is 1. The molecular formula is C21H30N6OS. The molecule has 2 aliphatic heterocycles. The molecule has 29 heavy (non-hydrogen) atoms. The van der Waals surface area contributed by atoms with Gasteiger partial charge in [0.15, 0.2) is 5.82 Å². The first-order chi connectivity index (χ1) is 13.9. The van der Waals surface area contributed by atoms with Gasteiger partial charge in [-0.1, -0.05) is 20.8 Å². The van der Waals surface area contributed by atoms with E-state index in [1.165, 1.54) is 0 Å². The summed E-state index contributed by atoms with van der Waals surface area (Å²) in [5, 5.41) is 13.5. The highest BCUT2D eigenvalue weighted by Gasteiger charge is 2.21. The van der Waals surface area contributed by atoms with Crippen molar-refractivity contribution in [2.45, 2.75) is 44.9 Å². The molecule has 0 aliphatic carbocycles. The van der Waals surface area contributed by atoms with Crippen LogP contribution in [0, 0.1) is 0 Å². The summed E-state index contributed by atoms with van der Waals surface area (Å²) in [4.78, 5) is 17.0. The number of rotatable bonds is 4. The molecular weight excluding hydrogens is 384 g/mol. The van der Waals surface area contributed by atoms with E-state index in [1.807, 2.05) is 11.8 Å². The Morgan fingerprint density at radius 2 is 1.86 bits per heavy atom. The van der Waals surface area contributed by atoms with Crippen molar-refractivity contribution in [3.05, 3.63) is 45.5 Å². The van der Waals surface area contributed by atoms with Crippen molar-refractivity contribution in [1.82, 2.24) is 24.9 Å². The van der Waals surface area contributed by atoms with E-state index in [9.17, 15) is 4.79 Å². The molecule has 0 spiro atoms. The zero-order chi connectivity index (χ0) is 20.4. The summed E-state index contributed by atoms with van der Waals surface area (Å²) in [6.07, 6.45) is 0.966. The molecule has 0 atom stereocenters. The number of aryl methyl sites for hydroxylation is 1. The molecule has 2 aromatic rings. The maximum atomic E-state index is 12.3. The first kappa shape index (κ1) is 20.3. The van der Waals surface area contributed by atoms with Gasteiger partial charge in [-0.05, 0) is 23.4 Å². The normalized spacial score (nSPS) is 18.0. The minimum absolute atomic E-state index is 0.0197. The molecule has 156 valence electrons. The van der Waals surface area contributed by atoms with Gasteiger partial charge >= 0.3 is 0 Å². The molecule has 0 saturated carbocycles. The predicted molar refractivity (Wildman–Crippen MR) is 118 cm³/mol. The van der Waals surface area contributed by atoms with Gasteiger partial charge in [0, 0.05) is 56.4 Å². The monoisotopic (exact) mass is 414 g/mol. The number of hydrogen-bond acceptors (Lipinski definition) is 7. The van der Waals surface area contributed by atoms with Crippen LogP contribution < -0.4 is 10.5 Å². The maximum Gasteiger partial charge on any atom is 0.267 e. The average Bonchev–Trinajstić information content (AvgIpc) is 2.72. The Labute approximate surface area is 176 Å². The van der Waals surface area contributed by atoms with Crippen molar-refractivity contribution in [2.75, 3.05) is 43.4 Å². The lowest BCUT2D eigenvalue weighted by Crippen LogP contribution is -2.48. The lowest BCUT2D eigenvalue weighted by Gasteiger charge is -2.35. The molecule has 0 unspecified atom stereocenters. The van der Waals surface area contributed by atoms with Crippen molar-refractivity contribution < 1.29 is 0 Å². The second-order valence-electron chi connectivity index (χ2n) is 8.84. The second-order valence-corrected chi connectivity index (χ2v) is 9.94. The van der Waals surface area contributed by atoms with Crippen LogP contribution in [0.15, 0.2) is 23.0 Å². The largest absolute Gasteiger partial charge is 0.353 e. The number of anilines is 1. The minimum Gasteiger partial charge on any atom is -0.353 e. The Kier molecular flexibility index (Phi) is 5.92. The van der Waals surface area contributed by atoms with E-state index >= 15 is 0 Å². The van der Waals surface area contributed by atoms with Crippen molar-refractivity contribution in [3.8, 4) is 0 Å². The second kappa shape index (κ2) is 8.44. The quantitative estimate of drug-likeness (QED) is 0.757. The fraction of sp³-hybridized carbons (Fsp3) is 0.619. The molecule has 8 heteroatoms. The average molecular weight is 415 g/mol. The van der Waals surface area contributed by atoms with E-state index in [0.29, 0.717) is 6.54 Å². The maximum absolute atomic E-state index is 12.3. The van der Waals surface area contributed by atoms with Crippen LogP contribution in [0.25, 0.3) is 0 Å². The highest BCUT2D eigenvalue weighted by atomic mass is 32.2. The van der Waals surface area contributed by atoms with Crippen LogP contribution in [-0.2, 0) is 24.1 Å². The first-order valence-corrected chi connectivity index (χ1v) is 11.5. The number of aromatic nitrogens is 4. The number of nitrogens with zero attached hydrogens (tertiary/aromatic N) is 6.